The van der Waals surface area contributed by atoms with E-state index in [-0.39, 0.29) is 22.5 Å². The van der Waals surface area contributed by atoms with Gasteiger partial charge in [0, 0.05) is 0 Å². The third kappa shape index (κ3) is 3.68. The van der Waals surface area contributed by atoms with Gasteiger partial charge in [0.25, 0.3) is 0 Å². The van der Waals surface area contributed by atoms with E-state index in [4.69, 9.17) is 33.0 Å². The molecule has 1 aromatic heterocycles. The van der Waals surface area contributed by atoms with Gasteiger partial charge in [-0.25, -0.2) is 9.78 Å². The van der Waals surface area contributed by atoms with Gasteiger partial charge in [-0.15, -0.1) is 0 Å². The fourth-order valence-corrected chi connectivity index (χ4v) is 1.99. The number of aromatic nitrogens is 1. The van der Waals surface area contributed by atoms with Crippen LogP contribution < -0.4 is 0 Å². The first kappa shape index (κ1) is 15.5. The Bertz CT molecular complexity index is 532. The van der Waals surface area contributed by atoms with Gasteiger partial charge >= 0.3 is 5.97 Å². The fraction of sp³-hybridized carbons (Fsp3) is 0.250. The van der Waals surface area contributed by atoms with Crippen LogP contribution in [-0.4, -0.2) is 28.4 Å². The highest BCUT2D eigenvalue weighted by Crippen LogP contribution is 2.24. The first-order valence-corrected chi connectivity index (χ1v) is 6.06. The zero-order chi connectivity index (χ0) is 14.6. The molecule has 1 aromatic rings. The van der Waals surface area contributed by atoms with Gasteiger partial charge in [-0.3, -0.25) is 4.79 Å². The number of carbonyl (C=O) groups excluding carboxylic acids is 1. The molecule has 0 bridgehead atoms. The Balaban J connectivity index is 3.29. The zero-order valence-electron chi connectivity index (χ0n) is 10.2. The van der Waals surface area contributed by atoms with E-state index in [0.29, 0.717) is 5.56 Å². The molecule has 102 valence electrons. The number of aliphatic carboxylic acids is 1. The van der Waals surface area contributed by atoms with Crippen molar-refractivity contribution < 1.29 is 19.4 Å². The Labute approximate surface area is 119 Å². The quantitative estimate of drug-likeness (QED) is 0.226. The molecule has 7 heteroatoms. The third-order valence-corrected chi connectivity index (χ3v) is 2.68. The average Bonchev–Trinajstić information content (AvgIpc) is 2.27. The van der Waals surface area contributed by atoms with Crippen LogP contribution in [0.1, 0.15) is 22.8 Å². The molecule has 19 heavy (non-hydrogen) atoms. The Kier molecular flexibility index (Phi) is 5.32. The number of halogens is 2. The van der Waals surface area contributed by atoms with Crippen LogP contribution in [-0.2, 0) is 9.53 Å². The van der Waals surface area contributed by atoms with Crippen LogP contribution in [0.3, 0.4) is 0 Å². The predicted octanol–water partition coefficient (Wildman–Crippen LogP) is 2.88. The van der Waals surface area contributed by atoms with Crippen LogP contribution in [0.25, 0.3) is 0 Å². The smallest absolute Gasteiger partial charge is 0.342 e. The second-order valence-electron chi connectivity index (χ2n) is 3.55. The molecule has 0 fully saturated rings. The molecule has 0 amide bonds. The number of hydrogen-bond donors (Lipinski definition) is 1. The lowest BCUT2D eigenvalue weighted by Gasteiger charge is -2.08. The summed E-state index contributed by atoms with van der Waals surface area (Å²) in [5.41, 5.74) is -0.0750. The summed E-state index contributed by atoms with van der Waals surface area (Å²) in [5, 5.41) is 9.00. The lowest BCUT2D eigenvalue weighted by molar-refractivity contribution is -0.132. The molecule has 1 N–H and O–H groups in total. The van der Waals surface area contributed by atoms with Crippen molar-refractivity contribution in [3.63, 3.8) is 0 Å². The van der Waals surface area contributed by atoms with Crippen molar-refractivity contribution in [1.29, 1.82) is 0 Å². The second-order valence-corrected chi connectivity index (χ2v) is 4.29. The standard InChI is InChI=1S/C12H11Cl2NO4/c1-3-19-5-7(12(17)18)10(16)9-6(2)4-8(13)15-11(9)14/h4-5H,3H2,1-2H3,(H,17,18). The molecule has 1 rings (SSSR count). The SMILES string of the molecule is CCOC=C(C(=O)O)C(=O)c1c(C)cc(Cl)nc1Cl. The maximum atomic E-state index is 12.1. The highest BCUT2D eigenvalue weighted by atomic mass is 35.5. The van der Waals surface area contributed by atoms with Crippen molar-refractivity contribution in [1.82, 2.24) is 4.98 Å². The minimum absolute atomic E-state index is 0.000537. The van der Waals surface area contributed by atoms with Gasteiger partial charge in [-0.05, 0) is 25.5 Å². The van der Waals surface area contributed by atoms with Crippen LogP contribution in [0.5, 0.6) is 0 Å². The molecule has 0 aliphatic rings. The summed E-state index contributed by atoms with van der Waals surface area (Å²) in [7, 11) is 0. The topological polar surface area (TPSA) is 76.5 Å². The molecule has 0 aromatic carbocycles. The number of Topliss-reactive ketones (excluding diaryl/α,β-unsaturated/α-hetero) is 1. The first-order chi connectivity index (χ1) is 8.88. The van der Waals surface area contributed by atoms with Crippen LogP contribution in [0, 0.1) is 6.92 Å². The number of rotatable bonds is 5. The van der Waals surface area contributed by atoms with Crippen molar-refractivity contribution in [3.05, 3.63) is 39.3 Å². The molecule has 0 unspecified atom stereocenters. The lowest BCUT2D eigenvalue weighted by atomic mass is 10.0. The number of hydrogen-bond acceptors (Lipinski definition) is 4. The Morgan fingerprint density at radius 3 is 2.58 bits per heavy atom. The highest BCUT2D eigenvalue weighted by Gasteiger charge is 2.24. The normalized spacial score (nSPS) is 11.3. The minimum Gasteiger partial charge on any atom is -0.500 e. The van der Waals surface area contributed by atoms with Gasteiger partial charge in [0.15, 0.2) is 0 Å². The van der Waals surface area contributed by atoms with E-state index < -0.39 is 17.3 Å². The number of aryl methyl sites for hydroxylation is 1. The number of carboxylic acids is 1. The summed E-state index contributed by atoms with van der Waals surface area (Å²) in [6.07, 6.45) is 0.898. The maximum absolute atomic E-state index is 12.1. The van der Waals surface area contributed by atoms with Crippen molar-refractivity contribution in [2.24, 2.45) is 0 Å². The zero-order valence-corrected chi connectivity index (χ0v) is 11.7. The maximum Gasteiger partial charge on any atom is 0.342 e. The molecule has 0 aliphatic carbocycles. The Hall–Kier alpha value is -1.59. The number of pyridine rings is 1. The molecule has 0 spiro atoms. The Morgan fingerprint density at radius 1 is 1.47 bits per heavy atom. The van der Waals surface area contributed by atoms with E-state index in [2.05, 4.69) is 4.98 Å². The number of ether oxygens (including phenoxy) is 1. The van der Waals surface area contributed by atoms with E-state index >= 15 is 0 Å². The average molecular weight is 304 g/mol. The third-order valence-electron chi connectivity index (χ3n) is 2.21. The highest BCUT2D eigenvalue weighted by molar-refractivity contribution is 6.37. The molecule has 0 saturated heterocycles. The number of carboxylic acid groups (broad SMARTS) is 1. The van der Waals surface area contributed by atoms with Crippen molar-refractivity contribution in [2.45, 2.75) is 13.8 Å². The summed E-state index contributed by atoms with van der Waals surface area (Å²) in [4.78, 5) is 26.9. The molecule has 0 aliphatic heterocycles. The molecular weight excluding hydrogens is 293 g/mol. The van der Waals surface area contributed by atoms with Crippen molar-refractivity contribution in [3.8, 4) is 0 Å². The van der Waals surface area contributed by atoms with Crippen LogP contribution in [0.15, 0.2) is 17.9 Å². The van der Waals surface area contributed by atoms with Gasteiger partial charge in [0.2, 0.25) is 5.78 Å². The van der Waals surface area contributed by atoms with Gasteiger partial charge < -0.3 is 9.84 Å². The summed E-state index contributed by atoms with van der Waals surface area (Å²) in [6, 6.07) is 1.43. The molecule has 0 radical (unpaired) electrons. The molecule has 0 saturated carbocycles. The first-order valence-electron chi connectivity index (χ1n) is 5.30. The monoisotopic (exact) mass is 303 g/mol. The molecular formula is C12H11Cl2NO4. The predicted molar refractivity (Wildman–Crippen MR) is 70.7 cm³/mol. The van der Waals surface area contributed by atoms with E-state index in [1.807, 2.05) is 0 Å². The van der Waals surface area contributed by atoms with E-state index in [1.165, 1.54) is 6.07 Å². The van der Waals surface area contributed by atoms with Gasteiger partial charge in [-0.1, -0.05) is 23.2 Å². The van der Waals surface area contributed by atoms with Crippen LogP contribution in [0.4, 0.5) is 0 Å². The summed E-state index contributed by atoms with van der Waals surface area (Å²) >= 11 is 11.5. The Morgan fingerprint density at radius 2 is 2.11 bits per heavy atom. The summed E-state index contributed by atoms with van der Waals surface area (Å²) in [5.74, 6) is -2.17. The molecule has 0 atom stereocenters. The van der Waals surface area contributed by atoms with E-state index in [9.17, 15) is 9.59 Å². The van der Waals surface area contributed by atoms with E-state index in [1.54, 1.807) is 13.8 Å². The van der Waals surface area contributed by atoms with Crippen LogP contribution in [0.2, 0.25) is 10.3 Å². The van der Waals surface area contributed by atoms with Crippen molar-refractivity contribution >= 4 is 35.0 Å². The minimum atomic E-state index is -1.40. The number of ketones is 1. The lowest BCUT2D eigenvalue weighted by Crippen LogP contribution is -2.15. The summed E-state index contributed by atoms with van der Waals surface area (Å²) in [6.45, 7) is 3.50. The fourth-order valence-electron chi connectivity index (χ4n) is 1.37. The largest absolute Gasteiger partial charge is 0.500 e. The van der Waals surface area contributed by atoms with Gasteiger partial charge in [-0.2, -0.15) is 0 Å². The van der Waals surface area contributed by atoms with Crippen LogP contribution >= 0.6 is 23.2 Å². The van der Waals surface area contributed by atoms with Crippen molar-refractivity contribution in [2.75, 3.05) is 6.61 Å². The van der Waals surface area contributed by atoms with Gasteiger partial charge in [0.1, 0.15) is 22.1 Å². The second kappa shape index (κ2) is 6.54. The molecule has 1 heterocycles. The number of nitrogens with zero attached hydrogens (tertiary/aromatic N) is 1. The summed E-state index contributed by atoms with van der Waals surface area (Å²) < 4.78 is 4.85. The van der Waals surface area contributed by atoms with E-state index in [0.717, 1.165) is 6.26 Å². The van der Waals surface area contributed by atoms with Gasteiger partial charge in [0.05, 0.1) is 12.2 Å². The molecule has 5 nitrogen and oxygen atoms in total. The number of carbonyl (C=O) groups is 2.